The standard InChI is InChI=1S/C16H24O2/c1-12(2)13(3)16(11-18-14(4)17)10-15-8-6-5-7-9-15/h5-9,12-13,16H,10-11H2,1-4H3/t13-,16-/m0/s1. The molecule has 1 aromatic carbocycles. The molecule has 2 atom stereocenters. The highest BCUT2D eigenvalue weighted by Crippen LogP contribution is 2.24. The van der Waals surface area contributed by atoms with Gasteiger partial charge in [-0.25, -0.2) is 0 Å². The Kier molecular flexibility index (Phi) is 5.90. The molecular weight excluding hydrogens is 224 g/mol. The fraction of sp³-hybridized carbons (Fsp3) is 0.562. The Labute approximate surface area is 110 Å². The van der Waals surface area contributed by atoms with Crippen molar-refractivity contribution in [3.8, 4) is 0 Å². The van der Waals surface area contributed by atoms with Crippen LogP contribution in [0.5, 0.6) is 0 Å². The average molecular weight is 248 g/mol. The van der Waals surface area contributed by atoms with Crippen molar-refractivity contribution in [2.45, 2.75) is 34.1 Å². The van der Waals surface area contributed by atoms with Gasteiger partial charge in [0.15, 0.2) is 0 Å². The quantitative estimate of drug-likeness (QED) is 0.717. The highest BCUT2D eigenvalue weighted by atomic mass is 16.5. The fourth-order valence-electron chi connectivity index (χ4n) is 2.08. The van der Waals surface area contributed by atoms with Gasteiger partial charge in [-0.3, -0.25) is 4.79 Å². The normalized spacial score (nSPS) is 14.3. The molecule has 0 bridgehead atoms. The first-order chi connectivity index (χ1) is 8.50. The van der Waals surface area contributed by atoms with E-state index >= 15 is 0 Å². The minimum absolute atomic E-state index is 0.191. The molecule has 0 aliphatic rings. The van der Waals surface area contributed by atoms with E-state index < -0.39 is 0 Å². The van der Waals surface area contributed by atoms with E-state index in [1.165, 1.54) is 12.5 Å². The molecule has 0 unspecified atom stereocenters. The summed E-state index contributed by atoms with van der Waals surface area (Å²) in [7, 11) is 0. The maximum Gasteiger partial charge on any atom is 0.302 e. The van der Waals surface area contributed by atoms with Gasteiger partial charge in [0.2, 0.25) is 0 Å². The van der Waals surface area contributed by atoms with Crippen molar-refractivity contribution in [1.82, 2.24) is 0 Å². The van der Waals surface area contributed by atoms with Crippen molar-refractivity contribution in [3.63, 3.8) is 0 Å². The molecule has 0 saturated carbocycles. The summed E-state index contributed by atoms with van der Waals surface area (Å²) in [5, 5.41) is 0. The van der Waals surface area contributed by atoms with Crippen molar-refractivity contribution in [2.75, 3.05) is 6.61 Å². The van der Waals surface area contributed by atoms with Crippen LogP contribution in [0, 0.1) is 17.8 Å². The number of hydrogen-bond donors (Lipinski definition) is 0. The van der Waals surface area contributed by atoms with Gasteiger partial charge < -0.3 is 4.74 Å². The van der Waals surface area contributed by atoms with Gasteiger partial charge in [0, 0.05) is 6.92 Å². The second-order valence-electron chi connectivity index (χ2n) is 5.36. The maximum absolute atomic E-state index is 11.0. The number of hydrogen-bond acceptors (Lipinski definition) is 2. The van der Waals surface area contributed by atoms with E-state index in [0.717, 1.165) is 6.42 Å². The van der Waals surface area contributed by atoms with Crippen LogP contribution in [0.3, 0.4) is 0 Å². The molecule has 1 rings (SSSR count). The zero-order valence-corrected chi connectivity index (χ0v) is 11.8. The number of carbonyl (C=O) groups excluding carboxylic acids is 1. The largest absolute Gasteiger partial charge is 0.466 e. The molecule has 2 nitrogen and oxygen atoms in total. The van der Waals surface area contributed by atoms with Crippen molar-refractivity contribution in [3.05, 3.63) is 35.9 Å². The molecule has 0 aliphatic heterocycles. The Morgan fingerprint density at radius 3 is 2.28 bits per heavy atom. The van der Waals surface area contributed by atoms with E-state index in [4.69, 9.17) is 4.74 Å². The second-order valence-corrected chi connectivity index (χ2v) is 5.36. The van der Waals surface area contributed by atoms with Crippen LogP contribution in [-0.2, 0) is 16.0 Å². The Morgan fingerprint density at radius 2 is 1.78 bits per heavy atom. The predicted molar refractivity (Wildman–Crippen MR) is 74.3 cm³/mol. The molecule has 0 heterocycles. The van der Waals surface area contributed by atoms with Gasteiger partial charge in [-0.1, -0.05) is 51.1 Å². The topological polar surface area (TPSA) is 26.3 Å². The summed E-state index contributed by atoms with van der Waals surface area (Å²) in [6.45, 7) is 8.66. The summed E-state index contributed by atoms with van der Waals surface area (Å²) < 4.78 is 5.21. The molecule has 0 saturated heterocycles. The van der Waals surface area contributed by atoms with E-state index in [1.54, 1.807) is 0 Å². The van der Waals surface area contributed by atoms with E-state index in [2.05, 4.69) is 45.0 Å². The van der Waals surface area contributed by atoms with Crippen LogP contribution in [0.1, 0.15) is 33.3 Å². The summed E-state index contributed by atoms with van der Waals surface area (Å²) in [5.41, 5.74) is 1.31. The highest BCUT2D eigenvalue weighted by Gasteiger charge is 2.21. The molecule has 0 aliphatic carbocycles. The average Bonchev–Trinajstić information content (AvgIpc) is 2.34. The van der Waals surface area contributed by atoms with Gasteiger partial charge in [-0.15, -0.1) is 0 Å². The van der Waals surface area contributed by atoms with Gasteiger partial charge in [0.05, 0.1) is 6.61 Å². The Balaban J connectivity index is 2.68. The Morgan fingerprint density at radius 1 is 1.17 bits per heavy atom. The smallest absolute Gasteiger partial charge is 0.302 e. The molecule has 0 fully saturated rings. The molecule has 100 valence electrons. The molecular formula is C16H24O2. The monoisotopic (exact) mass is 248 g/mol. The molecule has 0 aromatic heterocycles. The van der Waals surface area contributed by atoms with E-state index in [-0.39, 0.29) is 5.97 Å². The van der Waals surface area contributed by atoms with E-state index in [0.29, 0.717) is 24.4 Å². The molecule has 0 amide bonds. The minimum atomic E-state index is -0.191. The van der Waals surface area contributed by atoms with Crippen LogP contribution in [0.15, 0.2) is 30.3 Å². The molecule has 2 heteroatoms. The van der Waals surface area contributed by atoms with Crippen molar-refractivity contribution < 1.29 is 9.53 Å². The van der Waals surface area contributed by atoms with Crippen molar-refractivity contribution in [2.24, 2.45) is 17.8 Å². The highest BCUT2D eigenvalue weighted by molar-refractivity contribution is 5.65. The Hall–Kier alpha value is -1.31. The van der Waals surface area contributed by atoms with E-state index in [9.17, 15) is 4.79 Å². The molecule has 0 spiro atoms. The van der Waals surface area contributed by atoms with Crippen LogP contribution in [0.4, 0.5) is 0 Å². The third-order valence-electron chi connectivity index (χ3n) is 3.64. The Bertz CT molecular complexity index is 357. The number of ether oxygens (including phenoxy) is 1. The minimum Gasteiger partial charge on any atom is -0.466 e. The lowest BCUT2D eigenvalue weighted by Crippen LogP contribution is -2.25. The third-order valence-corrected chi connectivity index (χ3v) is 3.64. The van der Waals surface area contributed by atoms with E-state index in [1.807, 2.05) is 6.07 Å². The summed E-state index contributed by atoms with van der Waals surface area (Å²) in [6.07, 6.45) is 0.966. The third kappa shape index (κ3) is 4.91. The lowest BCUT2D eigenvalue weighted by molar-refractivity contribution is -0.143. The lowest BCUT2D eigenvalue weighted by Gasteiger charge is -2.26. The number of esters is 1. The van der Waals surface area contributed by atoms with Crippen LogP contribution >= 0.6 is 0 Å². The summed E-state index contributed by atoms with van der Waals surface area (Å²) in [5.74, 6) is 1.32. The summed E-state index contributed by atoms with van der Waals surface area (Å²) in [6, 6.07) is 10.4. The molecule has 18 heavy (non-hydrogen) atoms. The van der Waals surface area contributed by atoms with Crippen LogP contribution in [0.25, 0.3) is 0 Å². The first-order valence-corrected chi connectivity index (χ1v) is 6.68. The number of benzene rings is 1. The number of carbonyl (C=O) groups is 1. The van der Waals surface area contributed by atoms with Crippen LogP contribution in [0.2, 0.25) is 0 Å². The maximum atomic E-state index is 11.0. The first-order valence-electron chi connectivity index (χ1n) is 6.68. The first kappa shape index (κ1) is 14.7. The van der Waals surface area contributed by atoms with Crippen molar-refractivity contribution >= 4 is 5.97 Å². The second kappa shape index (κ2) is 7.20. The summed E-state index contributed by atoms with van der Waals surface area (Å²) in [4.78, 5) is 11.0. The summed E-state index contributed by atoms with van der Waals surface area (Å²) >= 11 is 0. The fourth-order valence-corrected chi connectivity index (χ4v) is 2.08. The van der Waals surface area contributed by atoms with Gasteiger partial charge in [0.1, 0.15) is 0 Å². The van der Waals surface area contributed by atoms with Crippen molar-refractivity contribution in [1.29, 1.82) is 0 Å². The molecule has 0 N–H and O–H groups in total. The zero-order chi connectivity index (χ0) is 13.5. The van der Waals surface area contributed by atoms with Gasteiger partial charge in [-0.2, -0.15) is 0 Å². The zero-order valence-electron chi connectivity index (χ0n) is 11.8. The molecule has 1 aromatic rings. The molecule has 0 radical (unpaired) electrons. The lowest BCUT2D eigenvalue weighted by atomic mass is 9.82. The predicted octanol–water partition coefficient (Wildman–Crippen LogP) is 3.70. The SMILES string of the molecule is CC(=O)OC[C@H](Cc1ccccc1)[C@@H](C)C(C)C. The van der Waals surface area contributed by atoms with Gasteiger partial charge in [-0.05, 0) is 29.7 Å². The number of rotatable bonds is 6. The van der Waals surface area contributed by atoms with Crippen LogP contribution < -0.4 is 0 Å². The van der Waals surface area contributed by atoms with Gasteiger partial charge >= 0.3 is 5.97 Å². The van der Waals surface area contributed by atoms with Gasteiger partial charge in [0.25, 0.3) is 0 Å². The van der Waals surface area contributed by atoms with Crippen LogP contribution in [-0.4, -0.2) is 12.6 Å².